The Morgan fingerprint density at radius 3 is 2.51 bits per heavy atom. The van der Waals surface area contributed by atoms with Crippen molar-refractivity contribution in [2.75, 3.05) is 19.6 Å². The van der Waals surface area contributed by atoms with Crippen LogP contribution < -0.4 is 5.32 Å². The summed E-state index contributed by atoms with van der Waals surface area (Å²) in [5.41, 5.74) is -0.574. The van der Waals surface area contributed by atoms with E-state index in [0.29, 0.717) is 5.76 Å². The lowest BCUT2D eigenvalue weighted by atomic mass is 9.72. The van der Waals surface area contributed by atoms with Gasteiger partial charge in [-0.1, -0.05) is 32.9 Å². The maximum atomic E-state index is 13.5. The summed E-state index contributed by atoms with van der Waals surface area (Å²) >= 11 is 0. The van der Waals surface area contributed by atoms with Gasteiger partial charge in [-0.05, 0) is 44.6 Å². The Morgan fingerprint density at radius 2 is 1.94 bits per heavy atom. The Hall–Kier alpha value is -2.00. The number of fused-ring (bicyclic) bond motifs is 1. The molecule has 0 spiro atoms. The first-order valence-corrected chi connectivity index (χ1v) is 12.6. The van der Waals surface area contributed by atoms with Gasteiger partial charge in [0, 0.05) is 38.1 Å². The van der Waals surface area contributed by atoms with Crippen molar-refractivity contribution in [3.8, 4) is 0 Å². The fourth-order valence-corrected chi connectivity index (χ4v) is 4.90. The number of nitrogens with one attached hydrogen (secondary N) is 1. The zero-order valence-electron chi connectivity index (χ0n) is 21.7. The van der Waals surface area contributed by atoms with Crippen LogP contribution >= 0.6 is 0 Å². The number of aliphatic imine (C=N–C) groups is 1. The Kier molecular flexibility index (Phi) is 8.63. The molecule has 0 radical (unpaired) electrons. The Balaban J connectivity index is 1.61. The van der Waals surface area contributed by atoms with Gasteiger partial charge in [0.15, 0.2) is 6.10 Å². The number of hydrogen-bond donors (Lipinski definition) is 2. The molecule has 0 aromatic carbocycles. The number of alkyl halides is 2. The topological polar surface area (TPSA) is 83.4 Å². The predicted octanol–water partition coefficient (Wildman–Crippen LogP) is 4.38. The van der Waals surface area contributed by atoms with Gasteiger partial charge in [0.2, 0.25) is 0 Å². The largest absolute Gasteiger partial charge is 0.485 e. The minimum atomic E-state index is -2.63. The van der Waals surface area contributed by atoms with Gasteiger partial charge in [0.1, 0.15) is 17.6 Å². The van der Waals surface area contributed by atoms with Crippen LogP contribution in [0, 0.1) is 23.7 Å². The Labute approximate surface area is 207 Å². The summed E-state index contributed by atoms with van der Waals surface area (Å²) in [6.45, 7) is 12.3. The van der Waals surface area contributed by atoms with Crippen LogP contribution in [0.1, 0.15) is 54.4 Å². The molecular formula is C26H41F2N3O4. The molecule has 0 aromatic rings. The molecule has 35 heavy (non-hydrogen) atoms. The molecular weight excluding hydrogens is 456 g/mol. The van der Waals surface area contributed by atoms with Crippen molar-refractivity contribution in [3.05, 3.63) is 24.0 Å². The first-order chi connectivity index (χ1) is 16.3. The maximum Gasteiger partial charge on any atom is 0.408 e. The van der Waals surface area contributed by atoms with E-state index in [2.05, 4.69) is 30.2 Å². The quantitative estimate of drug-likeness (QED) is 0.546. The SMILES string of the molecule is C[C@H]([C@H](C)[C@@H]1/C=C/C=C(/CNC(=O)OC(C)(C)C)OC2C=N[C@@H]21)[C@H](C)[C@H](O)N1CCC(F)(F)CC1. The fraction of sp³-hybridized carbons (Fsp3) is 0.769. The lowest BCUT2D eigenvalue weighted by Crippen LogP contribution is -2.50. The van der Waals surface area contributed by atoms with E-state index in [1.807, 2.05) is 39.8 Å². The molecule has 7 nitrogen and oxygen atoms in total. The van der Waals surface area contributed by atoms with Crippen molar-refractivity contribution in [1.82, 2.24) is 10.2 Å². The van der Waals surface area contributed by atoms with Crippen LogP contribution in [0.3, 0.4) is 0 Å². The van der Waals surface area contributed by atoms with Crippen molar-refractivity contribution in [1.29, 1.82) is 0 Å². The van der Waals surface area contributed by atoms with Gasteiger partial charge in [-0.3, -0.25) is 9.89 Å². The number of amides is 1. The van der Waals surface area contributed by atoms with E-state index < -0.39 is 23.8 Å². The number of aliphatic hydroxyl groups is 1. The van der Waals surface area contributed by atoms with E-state index in [1.165, 1.54) is 0 Å². The molecule has 2 N–H and O–H groups in total. The molecule has 3 rings (SSSR count). The lowest BCUT2D eigenvalue weighted by molar-refractivity contribution is -0.118. The average Bonchev–Trinajstić information content (AvgIpc) is 2.74. The van der Waals surface area contributed by atoms with Gasteiger partial charge in [-0.25, -0.2) is 13.6 Å². The molecule has 1 amide bonds. The number of ether oxygens (including phenoxy) is 2. The van der Waals surface area contributed by atoms with E-state index in [0.717, 1.165) is 0 Å². The number of carbonyl (C=O) groups excluding carboxylic acids is 1. The molecule has 9 heteroatoms. The van der Waals surface area contributed by atoms with Crippen LogP contribution in [0.2, 0.25) is 0 Å². The molecule has 1 saturated heterocycles. The number of halogens is 2. The van der Waals surface area contributed by atoms with Gasteiger partial charge in [0.25, 0.3) is 5.92 Å². The molecule has 1 unspecified atom stereocenters. The van der Waals surface area contributed by atoms with Crippen molar-refractivity contribution in [2.24, 2.45) is 28.7 Å². The number of allylic oxidation sites excluding steroid dienone is 2. The van der Waals surface area contributed by atoms with E-state index in [1.54, 1.807) is 11.1 Å². The second kappa shape index (κ2) is 10.9. The molecule has 0 aliphatic carbocycles. The van der Waals surface area contributed by atoms with Crippen molar-refractivity contribution >= 4 is 12.3 Å². The zero-order chi connectivity index (χ0) is 26.0. The first-order valence-electron chi connectivity index (χ1n) is 12.6. The highest BCUT2D eigenvalue weighted by Crippen LogP contribution is 2.38. The first kappa shape index (κ1) is 27.6. The Bertz CT molecular complexity index is 829. The molecule has 0 saturated carbocycles. The number of carbonyl (C=O) groups is 1. The third-order valence-electron chi connectivity index (χ3n) is 7.48. The van der Waals surface area contributed by atoms with E-state index in [4.69, 9.17) is 9.47 Å². The summed E-state index contributed by atoms with van der Waals surface area (Å²) in [5.74, 6) is -1.72. The maximum absolute atomic E-state index is 13.5. The number of likely N-dealkylation sites (tertiary alicyclic amines) is 1. The number of aliphatic hydroxyl groups excluding tert-OH is 1. The zero-order valence-corrected chi connectivity index (χ0v) is 21.7. The van der Waals surface area contributed by atoms with Crippen LogP contribution in [-0.4, -0.2) is 71.8 Å². The molecule has 0 bridgehead atoms. The number of hydrogen-bond acceptors (Lipinski definition) is 6. The summed E-state index contributed by atoms with van der Waals surface area (Å²) in [5, 5.41) is 13.6. The van der Waals surface area contributed by atoms with Crippen LogP contribution in [0.5, 0.6) is 0 Å². The molecule has 3 aliphatic heterocycles. The van der Waals surface area contributed by atoms with Crippen LogP contribution in [0.4, 0.5) is 13.6 Å². The second-order valence-corrected chi connectivity index (χ2v) is 11.2. The summed E-state index contributed by atoms with van der Waals surface area (Å²) < 4.78 is 38.5. The minimum Gasteiger partial charge on any atom is -0.485 e. The average molecular weight is 498 g/mol. The standard InChI is InChI=1S/C26H41F2N3O4/c1-16(18(3)23(32)31-12-10-26(27,28)11-13-31)17(2)20-9-7-8-19(34-21-15-29-22(20)21)14-30-24(33)35-25(4,5)6/h7-9,15-18,20-23,32H,10-14H2,1-6H3,(H,30,33)/b9-7+,19-8-/t16-,17+,18+,20+,21?,22-,23+/m1/s1. The monoisotopic (exact) mass is 497 g/mol. The van der Waals surface area contributed by atoms with Crippen molar-refractivity contribution < 1.29 is 28.2 Å². The van der Waals surface area contributed by atoms with Gasteiger partial charge >= 0.3 is 6.09 Å². The number of rotatable bonds is 7. The van der Waals surface area contributed by atoms with E-state index in [-0.39, 0.29) is 68.3 Å². The predicted molar refractivity (Wildman–Crippen MR) is 131 cm³/mol. The molecule has 198 valence electrons. The summed E-state index contributed by atoms with van der Waals surface area (Å²) in [4.78, 5) is 18.3. The molecule has 3 heterocycles. The lowest BCUT2D eigenvalue weighted by Gasteiger charge is -2.43. The molecule has 1 fully saturated rings. The summed E-state index contributed by atoms with van der Waals surface area (Å²) in [6, 6.07) is -0.0630. The van der Waals surface area contributed by atoms with Crippen LogP contribution in [0.15, 0.2) is 29.0 Å². The highest BCUT2D eigenvalue weighted by molar-refractivity contribution is 5.71. The normalized spacial score (nSPS) is 32.1. The Morgan fingerprint density at radius 1 is 1.29 bits per heavy atom. The fourth-order valence-electron chi connectivity index (χ4n) is 4.90. The van der Waals surface area contributed by atoms with Gasteiger partial charge in [-0.2, -0.15) is 0 Å². The molecule has 0 aromatic heterocycles. The van der Waals surface area contributed by atoms with Gasteiger partial charge < -0.3 is 19.9 Å². The minimum absolute atomic E-state index is 0.0630. The molecule has 7 atom stereocenters. The third kappa shape index (κ3) is 7.26. The highest BCUT2D eigenvalue weighted by Gasteiger charge is 2.42. The molecule has 3 aliphatic rings. The highest BCUT2D eigenvalue weighted by atomic mass is 19.3. The third-order valence-corrected chi connectivity index (χ3v) is 7.48. The summed E-state index contributed by atoms with van der Waals surface area (Å²) in [7, 11) is 0. The number of nitrogens with zero attached hydrogens (tertiary/aromatic N) is 2. The smallest absolute Gasteiger partial charge is 0.408 e. The summed E-state index contributed by atoms with van der Waals surface area (Å²) in [6.07, 6.45) is 5.79. The van der Waals surface area contributed by atoms with Crippen LogP contribution in [0.25, 0.3) is 0 Å². The van der Waals surface area contributed by atoms with Crippen LogP contribution in [-0.2, 0) is 9.47 Å². The number of alkyl carbamates (subject to hydrolysis) is 1. The van der Waals surface area contributed by atoms with Gasteiger partial charge in [-0.15, -0.1) is 0 Å². The number of piperidine rings is 1. The van der Waals surface area contributed by atoms with Crippen molar-refractivity contribution in [3.63, 3.8) is 0 Å². The van der Waals surface area contributed by atoms with Gasteiger partial charge in [0.05, 0.1) is 12.6 Å². The van der Waals surface area contributed by atoms with Crippen molar-refractivity contribution in [2.45, 2.75) is 84.3 Å². The van der Waals surface area contributed by atoms with E-state index in [9.17, 15) is 18.7 Å². The van der Waals surface area contributed by atoms with E-state index >= 15 is 0 Å². The second-order valence-electron chi connectivity index (χ2n) is 11.2.